The van der Waals surface area contributed by atoms with Gasteiger partial charge in [-0.25, -0.2) is 9.98 Å². The Hall–Kier alpha value is -3.88. The molecule has 162 valence electrons. The van der Waals surface area contributed by atoms with Gasteiger partial charge in [0, 0.05) is 36.0 Å². The number of carbonyl (C=O) groups is 1. The summed E-state index contributed by atoms with van der Waals surface area (Å²) >= 11 is 0. The summed E-state index contributed by atoms with van der Waals surface area (Å²) in [6.07, 6.45) is 7.80. The molecule has 0 radical (unpaired) electrons. The molecule has 0 unspecified atom stereocenters. The molecule has 0 aliphatic carbocycles. The average molecular weight is 429 g/mol. The number of nitrogens with zero attached hydrogens (tertiary/aromatic N) is 5. The number of aromatic amines is 1. The second-order valence-corrected chi connectivity index (χ2v) is 8.33. The molecular formula is C23H23N7O2. The van der Waals surface area contributed by atoms with Gasteiger partial charge in [-0.15, -0.1) is 0 Å². The minimum atomic E-state index is -0.309. The van der Waals surface area contributed by atoms with Gasteiger partial charge in [-0.3, -0.25) is 9.89 Å². The van der Waals surface area contributed by atoms with Crippen molar-refractivity contribution in [3.05, 3.63) is 71.2 Å². The predicted octanol–water partition coefficient (Wildman–Crippen LogP) is 1.90. The Morgan fingerprint density at radius 2 is 2.03 bits per heavy atom. The van der Waals surface area contributed by atoms with Crippen molar-refractivity contribution in [3.8, 4) is 11.4 Å². The van der Waals surface area contributed by atoms with Crippen molar-refractivity contribution in [1.82, 2.24) is 25.0 Å². The van der Waals surface area contributed by atoms with Gasteiger partial charge in [-0.2, -0.15) is 5.10 Å². The van der Waals surface area contributed by atoms with Crippen molar-refractivity contribution >= 4 is 11.7 Å². The van der Waals surface area contributed by atoms with E-state index >= 15 is 0 Å². The van der Waals surface area contributed by atoms with E-state index in [0.717, 1.165) is 72.1 Å². The number of aromatic nitrogens is 3. The monoisotopic (exact) mass is 429 g/mol. The van der Waals surface area contributed by atoms with Gasteiger partial charge in [0.05, 0.1) is 11.4 Å². The quantitative estimate of drug-likeness (QED) is 0.768. The molecule has 9 heteroatoms. The Labute approximate surface area is 185 Å². The predicted molar refractivity (Wildman–Crippen MR) is 118 cm³/mol. The van der Waals surface area contributed by atoms with Crippen LogP contribution in [0.25, 0.3) is 11.4 Å². The van der Waals surface area contributed by atoms with Gasteiger partial charge < -0.3 is 20.3 Å². The van der Waals surface area contributed by atoms with Gasteiger partial charge in [0.15, 0.2) is 5.82 Å². The lowest BCUT2D eigenvalue weighted by Gasteiger charge is -2.33. The van der Waals surface area contributed by atoms with E-state index in [0.29, 0.717) is 6.61 Å². The van der Waals surface area contributed by atoms with Crippen LogP contribution in [0.5, 0.6) is 0 Å². The number of carbonyl (C=O) groups excluding carboxylic acids is 1. The number of likely N-dealkylation sites (tertiary alicyclic amines) is 1. The number of primary amides is 1. The molecule has 6 rings (SSSR count). The lowest BCUT2D eigenvalue weighted by molar-refractivity contribution is -0.121. The molecule has 1 aromatic heterocycles. The Balaban J connectivity index is 1.38. The lowest BCUT2D eigenvalue weighted by Crippen LogP contribution is -2.41. The van der Waals surface area contributed by atoms with Crippen LogP contribution in [0, 0.1) is 0 Å². The molecule has 4 aliphatic heterocycles. The number of benzene rings is 1. The van der Waals surface area contributed by atoms with E-state index in [-0.39, 0.29) is 11.9 Å². The molecule has 0 saturated carbocycles. The molecule has 1 saturated heterocycles. The highest BCUT2D eigenvalue weighted by Gasteiger charge is 2.39. The molecule has 1 aromatic carbocycles. The third kappa shape index (κ3) is 2.92. The molecule has 5 heterocycles. The number of hydrogen-bond acceptors (Lipinski definition) is 7. The van der Waals surface area contributed by atoms with Crippen molar-refractivity contribution in [2.75, 3.05) is 19.7 Å². The first-order valence-electron chi connectivity index (χ1n) is 10.8. The van der Waals surface area contributed by atoms with Crippen LogP contribution >= 0.6 is 0 Å². The number of rotatable bonds is 4. The molecule has 4 aliphatic rings. The maximum atomic E-state index is 12.0. The fourth-order valence-corrected chi connectivity index (χ4v) is 5.01. The van der Waals surface area contributed by atoms with Crippen molar-refractivity contribution in [2.45, 2.75) is 25.3 Å². The first-order valence-corrected chi connectivity index (χ1v) is 10.8. The number of hydrogen-bond donors (Lipinski definition) is 2. The zero-order valence-corrected chi connectivity index (χ0v) is 17.5. The van der Waals surface area contributed by atoms with Crippen LogP contribution in [0.4, 0.5) is 0 Å². The number of H-pyrrole nitrogens is 1. The minimum Gasteiger partial charge on any atom is -0.495 e. The number of ether oxygens (including phenoxy) is 1. The van der Waals surface area contributed by atoms with Gasteiger partial charge in [-0.05, 0) is 24.8 Å². The molecule has 9 nitrogen and oxygen atoms in total. The lowest BCUT2D eigenvalue weighted by atomic mass is 10.0. The van der Waals surface area contributed by atoms with Crippen LogP contribution in [0.15, 0.2) is 70.6 Å². The van der Waals surface area contributed by atoms with Gasteiger partial charge in [0.1, 0.15) is 31.1 Å². The number of nitrogens with one attached hydrogen (secondary N) is 1. The zero-order chi connectivity index (χ0) is 21.7. The number of amides is 1. The standard InChI is InChI=1S/C23H23N7O2/c24-21(31)18-2-1-8-29(18)19-12-32-11-16-7-9-30-20(16)17(19)10-25-23(30)15-5-3-14(4-6-15)22-26-13-27-28-22/h3-6,10,12-13,18H,1-2,7-9,11H2,(H2,24,31)(H,26,27,28)/t18-/m0/s1. The van der Waals surface area contributed by atoms with E-state index in [1.54, 1.807) is 6.26 Å². The van der Waals surface area contributed by atoms with Gasteiger partial charge in [-0.1, -0.05) is 24.3 Å². The zero-order valence-electron chi connectivity index (χ0n) is 17.5. The molecule has 1 fully saturated rings. The van der Waals surface area contributed by atoms with Crippen LogP contribution < -0.4 is 5.73 Å². The minimum absolute atomic E-state index is 0.294. The van der Waals surface area contributed by atoms with Crippen LogP contribution in [-0.4, -0.2) is 62.5 Å². The number of amidine groups is 1. The molecule has 0 bridgehead atoms. The Morgan fingerprint density at radius 3 is 2.81 bits per heavy atom. The highest BCUT2D eigenvalue weighted by atomic mass is 16.5. The van der Waals surface area contributed by atoms with Gasteiger partial charge >= 0.3 is 0 Å². The fourth-order valence-electron chi connectivity index (χ4n) is 5.01. The molecule has 2 aromatic rings. The molecule has 1 atom stereocenters. The highest BCUT2D eigenvalue weighted by Crippen LogP contribution is 2.41. The van der Waals surface area contributed by atoms with E-state index in [1.165, 1.54) is 11.9 Å². The molecule has 1 amide bonds. The molecular weight excluding hydrogens is 406 g/mol. The van der Waals surface area contributed by atoms with Gasteiger partial charge in [0.25, 0.3) is 0 Å². The van der Waals surface area contributed by atoms with Gasteiger partial charge in [0.2, 0.25) is 5.91 Å². The van der Waals surface area contributed by atoms with Crippen molar-refractivity contribution in [3.63, 3.8) is 0 Å². The first kappa shape index (κ1) is 18.9. The van der Waals surface area contributed by atoms with Crippen molar-refractivity contribution in [1.29, 1.82) is 0 Å². The van der Waals surface area contributed by atoms with E-state index < -0.39 is 0 Å². The number of nitrogens with two attached hydrogens (primary N) is 1. The van der Waals surface area contributed by atoms with Crippen LogP contribution in [-0.2, 0) is 9.53 Å². The summed E-state index contributed by atoms with van der Waals surface area (Å²) < 4.78 is 5.92. The van der Waals surface area contributed by atoms with Crippen molar-refractivity contribution < 1.29 is 9.53 Å². The Morgan fingerprint density at radius 1 is 1.19 bits per heavy atom. The van der Waals surface area contributed by atoms with Crippen LogP contribution in [0.2, 0.25) is 0 Å². The summed E-state index contributed by atoms with van der Waals surface area (Å²) in [5.74, 6) is 1.36. The third-order valence-electron chi connectivity index (χ3n) is 6.52. The average Bonchev–Trinajstić information content (AvgIpc) is 3.56. The normalized spacial score (nSPS) is 22.1. The van der Waals surface area contributed by atoms with E-state index in [9.17, 15) is 4.79 Å². The first-order chi connectivity index (χ1) is 15.7. The summed E-state index contributed by atoms with van der Waals surface area (Å²) in [4.78, 5) is 25.4. The molecule has 32 heavy (non-hydrogen) atoms. The van der Waals surface area contributed by atoms with Crippen molar-refractivity contribution in [2.24, 2.45) is 10.7 Å². The second-order valence-electron chi connectivity index (χ2n) is 8.33. The highest BCUT2D eigenvalue weighted by molar-refractivity contribution is 6.02. The maximum absolute atomic E-state index is 12.0. The third-order valence-corrected chi connectivity index (χ3v) is 6.52. The Kier molecular flexibility index (Phi) is 4.34. The van der Waals surface area contributed by atoms with Crippen LogP contribution in [0.3, 0.4) is 0 Å². The number of aliphatic imine (C=N–C) groups is 1. The van der Waals surface area contributed by atoms with E-state index in [2.05, 4.69) is 37.1 Å². The largest absolute Gasteiger partial charge is 0.495 e. The van der Waals surface area contributed by atoms with E-state index in [4.69, 9.17) is 15.5 Å². The smallest absolute Gasteiger partial charge is 0.240 e. The fraction of sp³-hybridized carbons (Fsp3) is 0.304. The summed E-state index contributed by atoms with van der Waals surface area (Å²) in [6.45, 7) is 2.17. The summed E-state index contributed by atoms with van der Waals surface area (Å²) in [5.41, 5.74) is 12.0. The molecule has 3 N–H and O–H groups in total. The maximum Gasteiger partial charge on any atom is 0.240 e. The SMILES string of the molecule is NC(=O)[C@@H]1CCCN1C1=COCC2=C3C1=CN=C(c1ccc(-c4ncn[nH]4)cc1)N3CC2. The Bertz CT molecular complexity index is 1190. The van der Waals surface area contributed by atoms with E-state index in [1.807, 2.05) is 18.3 Å². The topological polar surface area (TPSA) is 113 Å². The second kappa shape index (κ2) is 7.37. The summed E-state index contributed by atoms with van der Waals surface area (Å²) in [7, 11) is 0. The summed E-state index contributed by atoms with van der Waals surface area (Å²) in [6, 6.07) is 7.85. The molecule has 0 spiro atoms. The summed E-state index contributed by atoms with van der Waals surface area (Å²) in [5, 5.41) is 6.81. The van der Waals surface area contributed by atoms with Crippen LogP contribution in [0.1, 0.15) is 24.8 Å².